The number of rotatable bonds is 6. The van der Waals surface area contributed by atoms with Gasteiger partial charge in [-0.05, 0) is 38.8 Å². The van der Waals surface area contributed by atoms with E-state index < -0.39 is 24.1 Å². The van der Waals surface area contributed by atoms with E-state index in [1.165, 1.54) is 0 Å². The Morgan fingerprint density at radius 1 is 1.17 bits per heavy atom. The molecular formula is C17H22N2O5. The number of benzene rings is 1. The summed E-state index contributed by atoms with van der Waals surface area (Å²) in [5.74, 6) is -1.66. The number of carboxylic acid groups (broad SMARTS) is 1. The Morgan fingerprint density at radius 3 is 2.38 bits per heavy atom. The zero-order valence-corrected chi connectivity index (χ0v) is 13.8. The van der Waals surface area contributed by atoms with Crippen molar-refractivity contribution in [1.29, 1.82) is 0 Å². The van der Waals surface area contributed by atoms with E-state index in [-0.39, 0.29) is 5.91 Å². The van der Waals surface area contributed by atoms with Crippen molar-refractivity contribution in [2.24, 2.45) is 0 Å². The maximum absolute atomic E-state index is 12.5. The molecule has 0 aromatic heterocycles. The topological polar surface area (TPSA) is 95.9 Å². The lowest BCUT2D eigenvalue weighted by atomic mass is 10.1. The van der Waals surface area contributed by atoms with Crippen LogP contribution in [-0.4, -0.2) is 53.1 Å². The van der Waals surface area contributed by atoms with Crippen molar-refractivity contribution >= 4 is 23.5 Å². The summed E-state index contributed by atoms with van der Waals surface area (Å²) in [4.78, 5) is 37.4. The van der Waals surface area contributed by atoms with Crippen molar-refractivity contribution < 1.29 is 24.2 Å². The van der Waals surface area contributed by atoms with Crippen molar-refractivity contribution in [3.63, 3.8) is 0 Å². The van der Waals surface area contributed by atoms with Crippen molar-refractivity contribution in [3.8, 4) is 0 Å². The summed E-state index contributed by atoms with van der Waals surface area (Å²) < 4.78 is 5.24. The molecule has 1 aromatic rings. The number of hydrogen-bond donors (Lipinski definition) is 2. The Labute approximate surface area is 140 Å². The van der Waals surface area contributed by atoms with Crippen LogP contribution >= 0.6 is 0 Å². The quantitative estimate of drug-likeness (QED) is 0.826. The number of amides is 2. The van der Waals surface area contributed by atoms with Gasteiger partial charge in [-0.1, -0.05) is 12.1 Å². The summed E-state index contributed by atoms with van der Waals surface area (Å²) in [5, 5.41) is 11.6. The molecule has 1 aromatic carbocycles. The average Bonchev–Trinajstić information content (AvgIpc) is 3.07. The van der Waals surface area contributed by atoms with Crippen LogP contribution in [-0.2, 0) is 14.3 Å². The smallest absolute Gasteiger partial charge is 0.332 e. The molecule has 130 valence electrons. The molecular weight excluding hydrogens is 312 g/mol. The highest BCUT2D eigenvalue weighted by Crippen LogP contribution is 2.23. The summed E-state index contributed by atoms with van der Waals surface area (Å²) in [6.45, 7) is 4.93. The molecule has 1 aliphatic rings. The number of carbonyl (C=O) groups excluding carboxylic acids is 2. The molecule has 24 heavy (non-hydrogen) atoms. The largest absolute Gasteiger partial charge is 0.479 e. The monoisotopic (exact) mass is 334 g/mol. The van der Waals surface area contributed by atoms with Crippen LogP contribution in [0.15, 0.2) is 24.3 Å². The van der Waals surface area contributed by atoms with Gasteiger partial charge >= 0.3 is 5.97 Å². The zero-order valence-electron chi connectivity index (χ0n) is 13.8. The second-order valence-corrected chi connectivity index (χ2v) is 5.54. The number of nitrogens with one attached hydrogen (secondary N) is 1. The van der Waals surface area contributed by atoms with Crippen LogP contribution in [0.2, 0.25) is 0 Å². The summed E-state index contributed by atoms with van der Waals surface area (Å²) in [5.41, 5.74) is 0.809. The first-order chi connectivity index (χ1) is 11.5. The maximum atomic E-state index is 12.5. The fourth-order valence-corrected chi connectivity index (χ4v) is 2.68. The lowest BCUT2D eigenvalue weighted by Crippen LogP contribution is -2.33. The van der Waals surface area contributed by atoms with Crippen LogP contribution in [0, 0.1) is 0 Å². The molecule has 2 atom stereocenters. The number of nitrogens with zero attached hydrogens (tertiary/aromatic N) is 1. The standard InChI is InChI=1S/C17H22N2O5/c1-3-19(4-2)16(21)11-7-5-6-8-12(11)18-15(20)13-9-10-14(24-13)17(22)23/h5-8,13-14H,3-4,9-10H2,1-2H3,(H,18,20)(H,22,23)/t13-,14+/m0/s1. The molecule has 1 heterocycles. The lowest BCUT2D eigenvalue weighted by molar-refractivity contribution is -0.150. The first kappa shape index (κ1) is 17.9. The zero-order chi connectivity index (χ0) is 17.7. The van der Waals surface area contributed by atoms with E-state index in [1.54, 1.807) is 29.2 Å². The maximum Gasteiger partial charge on any atom is 0.332 e. The van der Waals surface area contributed by atoms with Gasteiger partial charge in [-0.15, -0.1) is 0 Å². The van der Waals surface area contributed by atoms with E-state index in [4.69, 9.17) is 9.84 Å². The third-order valence-electron chi connectivity index (χ3n) is 4.05. The molecule has 0 saturated carbocycles. The van der Waals surface area contributed by atoms with Crippen LogP contribution < -0.4 is 5.32 Å². The van der Waals surface area contributed by atoms with Gasteiger partial charge in [0.25, 0.3) is 11.8 Å². The van der Waals surface area contributed by atoms with Crippen LogP contribution in [0.4, 0.5) is 5.69 Å². The predicted octanol–water partition coefficient (Wildman–Crippen LogP) is 1.74. The fourth-order valence-electron chi connectivity index (χ4n) is 2.68. The molecule has 2 rings (SSSR count). The highest BCUT2D eigenvalue weighted by Gasteiger charge is 2.35. The van der Waals surface area contributed by atoms with Gasteiger partial charge in [0.15, 0.2) is 6.10 Å². The summed E-state index contributed by atoms with van der Waals surface area (Å²) in [6.07, 6.45) is -1.13. The van der Waals surface area contributed by atoms with Gasteiger partial charge < -0.3 is 20.1 Å². The van der Waals surface area contributed by atoms with Crippen molar-refractivity contribution in [1.82, 2.24) is 4.90 Å². The van der Waals surface area contributed by atoms with Gasteiger partial charge in [0, 0.05) is 13.1 Å². The molecule has 0 bridgehead atoms. The molecule has 0 unspecified atom stereocenters. The van der Waals surface area contributed by atoms with E-state index >= 15 is 0 Å². The van der Waals surface area contributed by atoms with Gasteiger partial charge in [0.2, 0.25) is 0 Å². The van der Waals surface area contributed by atoms with Crippen molar-refractivity contribution in [2.45, 2.75) is 38.9 Å². The summed E-state index contributed by atoms with van der Waals surface area (Å²) in [6, 6.07) is 6.77. The van der Waals surface area contributed by atoms with E-state index in [0.717, 1.165) is 0 Å². The molecule has 7 heteroatoms. The Hall–Kier alpha value is -2.41. The Bertz CT molecular complexity index is 627. The molecule has 0 radical (unpaired) electrons. The number of para-hydroxylation sites is 1. The Kier molecular flexibility index (Phi) is 5.92. The van der Waals surface area contributed by atoms with Gasteiger partial charge in [-0.25, -0.2) is 4.79 Å². The fraction of sp³-hybridized carbons (Fsp3) is 0.471. The number of ether oxygens (including phenoxy) is 1. The minimum Gasteiger partial charge on any atom is -0.479 e. The third-order valence-corrected chi connectivity index (χ3v) is 4.05. The third kappa shape index (κ3) is 3.91. The minimum absolute atomic E-state index is 0.161. The van der Waals surface area contributed by atoms with Crippen molar-refractivity contribution in [3.05, 3.63) is 29.8 Å². The normalized spacial score (nSPS) is 19.8. The number of hydrogen-bond acceptors (Lipinski definition) is 4. The SMILES string of the molecule is CCN(CC)C(=O)c1ccccc1NC(=O)[C@@H]1CC[C@H](C(=O)O)O1. The van der Waals surface area contributed by atoms with E-state index in [0.29, 0.717) is 37.2 Å². The second-order valence-electron chi connectivity index (χ2n) is 5.54. The molecule has 2 amide bonds. The van der Waals surface area contributed by atoms with Crippen LogP contribution in [0.25, 0.3) is 0 Å². The van der Waals surface area contributed by atoms with Gasteiger partial charge in [-0.2, -0.15) is 0 Å². The van der Waals surface area contributed by atoms with E-state index in [9.17, 15) is 14.4 Å². The number of aliphatic carboxylic acids is 1. The van der Waals surface area contributed by atoms with Crippen LogP contribution in [0.5, 0.6) is 0 Å². The minimum atomic E-state index is -1.07. The first-order valence-corrected chi connectivity index (χ1v) is 8.05. The molecule has 1 aliphatic heterocycles. The molecule has 2 N–H and O–H groups in total. The van der Waals surface area contributed by atoms with Gasteiger partial charge in [-0.3, -0.25) is 9.59 Å². The van der Waals surface area contributed by atoms with E-state index in [1.807, 2.05) is 13.8 Å². The lowest BCUT2D eigenvalue weighted by Gasteiger charge is -2.21. The van der Waals surface area contributed by atoms with Gasteiger partial charge in [0.05, 0.1) is 11.3 Å². The van der Waals surface area contributed by atoms with Crippen molar-refractivity contribution in [2.75, 3.05) is 18.4 Å². The first-order valence-electron chi connectivity index (χ1n) is 8.05. The van der Waals surface area contributed by atoms with Gasteiger partial charge in [0.1, 0.15) is 6.10 Å². The Balaban J connectivity index is 2.12. The predicted molar refractivity (Wildman–Crippen MR) is 87.9 cm³/mol. The molecule has 1 saturated heterocycles. The highest BCUT2D eigenvalue weighted by molar-refractivity contribution is 6.04. The number of carboxylic acids is 1. The number of carbonyl (C=O) groups is 3. The summed E-state index contributed by atoms with van der Waals surface area (Å²) in [7, 11) is 0. The number of anilines is 1. The molecule has 0 aliphatic carbocycles. The molecule has 1 fully saturated rings. The average molecular weight is 334 g/mol. The van der Waals surface area contributed by atoms with E-state index in [2.05, 4.69) is 5.32 Å². The van der Waals surface area contributed by atoms with Crippen LogP contribution in [0.1, 0.15) is 37.0 Å². The Morgan fingerprint density at radius 2 is 1.79 bits per heavy atom. The summed E-state index contributed by atoms with van der Waals surface area (Å²) >= 11 is 0. The highest BCUT2D eigenvalue weighted by atomic mass is 16.5. The molecule has 7 nitrogen and oxygen atoms in total. The second kappa shape index (κ2) is 7.92. The van der Waals surface area contributed by atoms with Crippen LogP contribution in [0.3, 0.4) is 0 Å². The molecule has 0 spiro atoms.